The maximum atomic E-state index is 11.1. The monoisotopic (exact) mass is 308 g/mol. The van der Waals surface area contributed by atoms with Gasteiger partial charge in [-0.1, -0.05) is 25.6 Å². The molecule has 2 aromatic rings. The van der Waals surface area contributed by atoms with E-state index < -0.39 is 5.97 Å². The minimum absolute atomic E-state index is 0.0676. The molecule has 2 N–H and O–H groups in total. The van der Waals surface area contributed by atoms with Crippen LogP contribution in [0.1, 0.15) is 13.8 Å². The maximum Gasteiger partial charge on any atom is 0.313 e. The number of pyridine rings is 1. The van der Waals surface area contributed by atoms with E-state index in [0.717, 1.165) is 17.3 Å². The van der Waals surface area contributed by atoms with Crippen LogP contribution in [0.15, 0.2) is 28.3 Å². The average molecular weight is 308 g/mol. The topological polar surface area (TPSA) is 101 Å². The number of nitrogens with zero attached hydrogens (tertiary/aromatic N) is 3. The summed E-state index contributed by atoms with van der Waals surface area (Å²) in [5.41, 5.74) is 0.555. The molecule has 7 nitrogen and oxygen atoms in total. The standard InChI is InChI=1S/C13H16N4O3S/c1-8(2)6-17-12(9-3-4-10(18)14-5-9)15-16-13(17)21-7-11(19)20/h3-5,8H,6-7H2,1-2H3,(H,14,18)(H,19,20). The molecule has 0 atom stereocenters. The minimum atomic E-state index is -0.898. The summed E-state index contributed by atoms with van der Waals surface area (Å²) in [4.78, 5) is 24.4. The van der Waals surface area contributed by atoms with E-state index in [4.69, 9.17) is 5.11 Å². The van der Waals surface area contributed by atoms with Gasteiger partial charge in [-0.3, -0.25) is 9.59 Å². The first-order valence-corrected chi connectivity index (χ1v) is 7.43. The molecule has 0 aliphatic heterocycles. The first-order valence-electron chi connectivity index (χ1n) is 6.44. The molecule has 0 spiro atoms. The Morgan fingerprint density at radius 1 is 1.43 bits per heavy atom. The molecule has 0 aliphatic rings. The van der Waals surface area contributed by atoms with Crippen LogP contribution >= 0.6 is 11.8 Å². The van der Waals surface area contributed by atoms with Gasteiger partial charge in [0.25, 0.3) is 0 Å². The fourth-order valence-corrected chi connectivity index (χ4v) is 2.48. The van der Waals surface area contributed by atoms with Crippen molar-refractivity contribution in [3.63, 3.8) is 0 Å². The number of thioether (sulfide) groups is 1. The summed E-state index contributed by atoms with van der Waals surface area (Å²) < 4.78 is 1.88. The summed E-state index contributed by atoms with van der Waals surface area (Å²) in [6.45, 7) is 4.79. The van der Waals surface area contributed by atoms with Gasteiger partial charge in [0.15, 0.2) is 11.0 Å². The molecule has 21 heavy (non-hydrogen) atoms. The Morgan fingerprint density at radius 2 is 2.19 bits per heavy atom. The third-order valence-corrected chi connectivity index (χ3v) is 3.58. The number of hydrogen-bond donors (Lipinski definition) is 2. The molecule has 0 bridgehead atoms. The van der Waals surface area contributed by atoms with Crippen LogP contribution in [0.4, 0.5) is 0 Å². The molecule has 2 rings (SSSR count). The second-order valence-corrected chi connectivity index (χ2v) is 5.88. The van der Waals surface area contributed by atoms with Crippen molar-refractivity contribution in [3.05, 3.63) is 28.7 Å². The van der Waals surface area contributed by atoms with Gasteiger partial charge in [0, 0.05) is 24.4 Å². The van der Waals surface area contributed by atoms with Gasteiger partial charge < -0.3 is 14.7 Å². The Kier molecular flexibility index (Phi) is 4.79. The lowest BCUT2D eigenvalue weighted by Gasteiger charge is -2.11. The number of carboxylic acid groups (broad SMARTS) is 1. The van der Waals surface area contributed by atoms with Crippen LogP contribution in [0.25, 0.3) is 11.4 Å². The first-order chi connectivity index (χ1) is 9.97. The number of carbonyl (C=O) groups is 1. The second kappa shape index (κ2) is 6.57. The average Bonchev–Trinajstić information content (AvgIpc) is 2.79. The quantitative estimate of drug-likeness (QED) is 0.784. The normalized spacial score (nSPS) is 11.0. The van der Waals surface area contributed by atoms with Crippen molar-refractivity contribution in [2.75, 3.05) is 5.75 Å². The van der Waals surface area contributed by atoms with Crippen LogP contribution in [0.2, 0.25) is 0 Å². The number of H-pyrrole nitrogens is 1. The molecule has 2 heterocycles. The minimum Gasteiger partial charge on any atom is -0.481 e. The SMILES string of the molecule is CC(C)Cn1c(SCC(=O)O)nnc1-c1ccc(=O)[nH]c1. The number of carboxylic acids is 1. The lowest BCUT2D eigenvalue weighted by atomic mass is 10.2. The van der Waals surface area contributed by atoms with E-state index in [0.29, 0.717) is 23.4 Å². The lowest BCUT2D eigenvalue weighted by Crippen LogP contribution is -2.10. The highest BCUT2D eigenvalue weighted by Crippen LogP contribution is 2.24. The van der Waals surface area contributed by atoms with Gasteiger partial charge >= 0.3 is 5.97 Å². The van der Waals surface area contributed by atoms with E-state index in [1.165, 1.54) is 6.07 Å². The van der Waals surface area contributed by atoms with Crippen LogP contribution in [-0.4, -0.2) is 36.6 Å². The molecule has 0 aromatic carbocycles. The number of hydrogen-bond acceptors (Lipinski definition) is 5. The summed E-state index contributed by atoms with van der Waals surface area (Å²) >= 11 is 1.13. The summed E-state index contributed by atoms with van der Waals surface area (Å²) in [7, 11) is 0. The van der Waals surface area contributed by atoms with Crippen LogP contribution in [0, 0.1) is 5.92 Å². The van der Waals surface area contributed by atoms with Crippen molar-refractivity contribution >= 4 is 17.7 Å². The molecule has 0 amide bonds. The number of nitrogens with one attached hydrogen (secondary N) is 1. The second-order valence-electron chi connectivity index (χ2n) is 4.93. The number of aromatic amines is 1. The fraction of sp³-hybridized carbons (Fsp3) is 0.385. The lowest BCUT2D eigenvalue weighted by molar-refractivity contribution is -0.133. The van der Waals surface area contributed by atoms with Crippen LogP contribution < -0.4 is 5.56 Å². The van der Waals surface area contributed by atoms with Crippen molar-refractivity contribution in [1.29, 1.82) is 0 Å². The summed E-state index contributed by atoms with van der Waals surface area (Å²) in [6, 6.07) is 3.10. The van der Waals surface area contributed by atoms with Gasteiger partial charge in [-0.05, 0) is 12.0 Å². The van der Waals surface area contributed by atoms with Crippen LogP contribution in [-0.2, 0) is 11.3 Å². The molecular formula is C13H16N4O3S. The Hall–Kier alpha value is -2.09. The zero-order valence-corrected chi connectivity index (χ0v) is 12.6. The van der Waals surface area contributed by atoms with E-state index in [2.05, 4.69) is 29.0 Å². The van der Waals surface area contributed by atoms with Crippen molar-refractivity contribution in [3.8, 4) is 11.4 Å². The summed E-state index contributed by atoms with van der Waals surface area (Å²) in [5, 5.41) is 17.5. The van der Waals surface area contributed by atoms with Crippen molar-refractivity contribution in [2.45, 2.75) is 25.5 Å². The van der Waals surface area contributed by atoms with Gasteiger partial charge in [0.1, 0.15) is 0 Å². The van der Waals surface area contributed by atoms with Crippen molar-refractivity contribution in [2.24, 2.45) is 5.92 Å². The van der Waals surface area contributed by atoms with Crippen LogP contribution in [0.3, 0.4) is 0 Å². The number of rotatable bonds is 6. The predicted molar refractivity (Wildman–Crippen MR) is 79.3 cm³/mol. The molecule has 2 aromatic heterocycles. The number of aliphatic carboxylic acids is 1. The third kappa shape index (κ3) is 3.94. The Bertz CT molecular complexity index is 672. The van der Waals surface area contributed by atoms with Crippen LogP contribution in [0.5, 0.6) is 0 Å². The zero-order valence-electron chi connectivity index (χ0n) is 11.7. The van der Waals surface area contributed by atoms with Gasteiger partial charge in [-0.25, -0.2) is 0 Å². The predicted octanol–water partition coefficient (Wildman–Crippen LogP) is 1.47. The molecule has 8 heteroatoms. The maximum absolute atomic E-state index is 11.1. The molecule has 0 saturated heterocycles. The largest absolute Gasteiger partial charge is 0.481 e. The van der Waals surface area contributed by atoms with Gasteiger partial charge in [-0.2, -0.15) is 0 Å². The van der Waals surface area contributed by atoms with Crippen molar-refractivity contribution < 1.29 is 9.90 Å². The summed E-state index contributed by atoms with van der Waals surface area (Å²) in [5.74, 6) is 0.00574. The fourth-order valence-electron chi connectivity index (χ4n) is 1.81. The molecule has 112 valence electrons. The molecule has 0 fully saturated rings. The Labute approximate surface area is 125 Å². The smallest absolute Gasteiger partial charge is 0.313 e. The summed E-state index contributed by atoms with van der Waals surface area (Å²) in [6.07, 6.45) is 1.58. The molecule has 0 aliphatic carbocycles. The Balaban J connectivity index is 2.38. The van der Waals surface area contributed by atoms with E-state index in [9.17, 15) is 9.59 Å². The van der Waals surface area contributed by atoms with E-state index >= 15 is 0 Å². The number of aromatic nitrogens is 4. The van der Waals surface area contributed by atoms with E-state index in [-0.39, 0.29) is 11.3 Å². The van der Waals surface area contributed by atoms with Gasteiger partial charge in [0.05, 0.1) is 5.75 Å². The highest BCUT2D eigenvalue weighted by molar-refractivity contribution is 7.99. The molecule has 0 radical (unpaired) electrons. The third-order valence-electron chi connectivity index (χ3n) is 2.63. The van der Waals surface area contributed by atoms with Crippen molar-refractivity contribution in [1.82, 2.24) is 19.7 Å². The molecular weight excluding hydrogens is 292 g/mol. The Morgan fingerprint density at radius 3 is 2.76 bits per heavy atom. The molecule has 0 saturated carbocycles. The highest BCUT2D eigenvalue weighted by Gasteiger charge is 2.16. The van der Waals surface area contributed by atoms with Gasteiger partial charge in [-0.15, -0.1) is 10.2 Å². The van der Waals surface area contributed by atoms with E-state index in [1.807, 2.05) is 4.57 Å². The first kappa shape index (κ1) is 15.3. The van der Waals surface area contributed by atoms with E-state index in [1.54, 1.807) is 12.3 Å². The zero-order chi connectivity index (χ0) is 15.4. The molecule has 0 unspecified atom stereocenters. The highest BCUT2D eigenvalue weighted by atomic mass is 32.2. The van der Waals surface area contributed by atoms with Gasteiger partial charge in [0.2, 0.25) is 5.56 Å².